The number of carbonyl (C=O) groups excluding carboxylic acids is 3. The van der Waals surface area contributed by atoms with Gasteiger partial charge in [-0.05, 0) is 24.1 Å². The van der Waals surface area contributed by atoms with Gasteiger partial charge in [0.1, 0.15) is 17.7 Å². The van der Waals surface area contributed by atoms with Crippen LogP contribution in [0.5, 0.6) is 5.75 Å². The molecule has 3 rings (SSSR count). The van der Waals surface area contributed by atoms with Crippen LogP contribution in [0.25, 0.3) is 0 Å². The van der Waals surface area contributed by atoms with Crippen LogP contribution in [0.3, 0.4) is 0 Å². The van der Waals surface area contributed by atoms with E-state index in [1.807, 2.05) is 0 Å². The Hall–Kier alpha value is -3.60. The minimum absolute atomic E-state index is 0.0443. The number of aromatic nitrogens is 2. The summed E-state index contributed by atoms with van der Waals surface area (Å²) in [6.45, 7) is 0.119. The molecule has 11 heteroatoms. The first-order valence-corrected chi connectivity index (χ1v) is 10.3. The number of benzene rings is 1. The molecule has 2 heterocycles. The lowest BCUT2D eigenvalue weighted by molar-refractivity contribution is -0.151. The number of ether oxygens (including phenoxy) is 1. The maximum Gasteiger partial charge on any atom is 0.312 e. The van der Waals surface area contributed by atoms with Crippen molar-refractivity contribution in [2.45, 2.75) is 25.4 Å². The second-order valence-corrected chi connectivity index (χ2v) is 7.88. The number of likely N-dealkylation sites (N-methyl/N-ethyl adjacent to an activating group) is 2. The number of rotatable bonds is 5. The lowest BCUT2D eigenvalue weighted by atomic mass is 10.1. The van der Waals surface area contributed by atoms with Crippen LogP contribution >= 0.6 is 0 Å². The maximum absolute atomic E-state index is 13.1. The molecule has 1 aromatic heterocycles. The van der Waals surface area contributed by atoms with Crippen LogP contribution in [-0.4, -0.2) is 76.4 Å². The molecular weight excluding hydrogens is 435 g/mol. The molecule has 1 aliphatic rings. The normalized spacial score (nSPS) is 15.3. The lowest BCUT2D eigenvalue weighted by Gasteiger charge is -2.28. The van der Waals surface area contributed by atoms with E-state index in [0.29, 0.717) is 5.56 Å². The van der Waals surface area contributed by atoms with Gasteiger partial charge in [0.25, 0.3) is 5.56 Å². The van der Waals surface area contributed by atoms with Crippen molar-refractivity contribution in [3.05, 3.63) is 57.5 Å². The highest BCUT2D eigenvalue weighted by Crippen LogP contribution is 2.24. The van der Waals surface area contributed by atoms with Gasteiger partial charge in [-0.25, -0.2) is 9.37 Å². The van der Waals surface area contributed by atoms with E-state index in [2.05, 4.69) is 4.98 Å². The van der Waals surface area contributed by atoms with Gasteiger partial charge in [-0.15, -0.1) is 0 Å². The lowest BCUT2D eigenvalue weighted by Crippen LogP contribution is -2.44. The van der Waals surface area contributed by atoms with Crippen LogP contribution in [0, 0.1) is 5.82 Å². The Labute approximate surface area is 189 Å². The number of ketones is 1. The number of halogens is 1. The summed E-state index contributed by atoms with van der Waals surface area (Å²) in [4.78, 5) is 56.9. The van der Waals surface area contributed by atoms with Gasteiger partial charge in [0.2, 0.25) is 5.75 Å². The van der Waals surface area contributed by atoms with Crippen LogP contribution in [0.1, 0.15) is 34.3 Å². The Bertz CT molecular complexity index is 1130. The number of hydrogen-bond donors (Lipinski definition) is 1. The van der Waals surface area contributed by atoms with E-state index < -0.39 is 46.5 Å². The van der Waals surface area contributed by atoms with Crippen molar-refractivity contribution in [3.8, 4) is 5.75 Å². The van der Waals surface area contributed by atoms with Gasteiger partial charge in [-0.3, -0.25) is 23.7 Å². The van der Waals surface area contributed by atoms with Gasteiger partial charge in [0.15, 0.2) is 11.5 Å². The fraction of sp³-hybridized carbons (Fsp3) is 0.409. The topological polar surface area (TPSA) is 122 Å². The Morgan fingerprint density at radius 2 is 1.85 bits per heavy atom. The standard InChI is InChI=1S/C22H25FN4O6/c1-25(2)21(31)22(32)26(3)15-12-33-11-10-27-19(15)24-17(18(29)20(27)30)16(28)9-6-13-4-7-14(23)8-5-13/h4-5,7-8,15,29H,6,9-12H2,1-3H3. The van der Waals surface area contributed by atoms with Gasteiger partial charge >= 0.3 is 11.8 Å². The molecule has 0 radical (unpaired) electrons. The summed E-state index contributed by atoms with van der Waals surface area (Å²) in [6, 6.07) is 4.70. The molecule has 1 N–H and O–H groups in total. The second kappa shape index (κ2) is 9.90. The molecule has 0 aliphatic carbocycles. The van der Waals surface area contributed by atoms with Gasteiger partial charge in [0.05, 0.1) is 19.8 Å². The average molecular weight is 460 g/mol. The maximum atomic E-state index is 13.1. The van der Waals surface area contributed by atoms with Gasteiger partial charge in [0, 0.05) is 27.6 Å². The Morgan fingerprint density at radius 3 is 2.48 bits per heavy atom. The van der Waals surface area contributed by atoms with E-state index >= 15 is 0 Å². The number of aryl methyl sites for hydroxylation is 1. The smallest absolute Gasteiger partial charge is 0.312 e. The summed E-state index contributed by atoms with van der Waals surface area (Å²) in [6.07, 6.45) is 0.172. The minimum atomic E-state index is -0.930. The molecule has 10 nitrogen and oxygen atoms in total. The van der Waals surface area contributed by atoms with Crippen molar-refractivity contribution < 1.29 is 28.6 Å². The van der Waals surface area contributed by atoms with Crippen molar-refractivity contribution in [2.75, 3.05) is 34.4 Å². The third-order valence-corrected chi connectivity index (χ3v) is 5.40. The summed E-state index contributed by atoms with van der Waals surface area (Å²) < 4.78 is 19.7. The van der Waals surface area contributed by atoms with Crippen LogP contribution in [-0.2, 0) is 27.3 Å². The predicted molar refractivity (Wildman–Crippen MR) is 114 cm³/mol. The summed E-state index contributed by atoms with van der Waals surface area (Å²) in [5.74, 6) is -3.34. The summed E-state index contributed by atoms with van der Waals surface area (Å²) >= 11 is 0. The van der Waals surface area contributed by atoms with E-state index in [-0.39, 0.29) is 38.4 Å². The molecule has 0 fully saturated rings. The van der Waals surface area contributed by atoms with Crippen molar-refractivity contribution >= 4 is 17.6 Å². The van der Waals surface area contributed by atoms with Crippen LogP contribution in [0.15, 0.2) is 29.1 Å². The Kier molecular flexibility index (Phi) is 7.22. The quantitative estimate of drug-likeness (QED) is 0.510. The van der Waals surface area contributed by atoms with Crippen LogP contribution in [0.2, 0.25) is 0 Å². The number of hydrogen-bond acceptors (Lipinski definition) is 7. The molecular formula is C22H25FN4O6. The highest BCUT2D eigenvalue weighted by molar-refractivity contribution is 6.34. The number of Topliss-reactive ketones (excluding diaryl/α,β-unsaturated/α-hetero) is 1. The molecule has 1 aromatic carbocycles. The van der Waals surface area contributed by atoms with E-state index in [9.17, 15) is 28.7 Å². The first-order valence-electron chi connectivity index (χ1n) is 10.3. The van der Waals surface area contributed by atoms with E-state index in [4.69, 9.17) is 4.74 Å². The van der Waals surface area contributed by atoms with Crippen LogP contribution in [0.4, 0.5) is 4.39 Å². The Balaban J connectivity index is 1.95. The summed E-state index contributed by atoms with van der Waals surface area (Å²) in [7, 11) is 4.25. The number of nitrogens with zero attached hydrogens (tertiary/aromatic N) is 4. The number of amides is 2. The van der Waals surface area contributed by atoms with E-state index in [0.717, 1.165) is 14.4 Å². The monoisotopic (exact) mass is 460 g/mol. The van der Waals surface area contributed by atoms with Crippen molar-refractivity contribution in [1.29, 1.82) is 0 Å². The molecule has 0 saturated carbocycles. The third kappa shape index (κ3) is 5.08. The molecule has 1 aliphatic heterocycles. The molecule has 0 spiro atoms. The zero-order valence-corrected chi connectivity index (χ0v) is 18.6. The molecule has 0 bridgehead atoms. The molecule has 33 heavy (non-hydrogen) atoms. The number of fused-ring (bicyclic) bond motifs is 1. The molecule has 1 unspecified atom stereocenters. The number of carbonyl (C=O) groups is 3. The largest absolute Gasteiger partial charge is 0.501 e. The molecule has 0 saturated heterocycles. The van der Waals surface area contributed by atoms with Gasteiger partial charge < -0.3 is 19.6 Å². The fourth-order valence-electron chi connectivity index (χ4n) is 3.45. The summed E-state index contributed by atoms with van der Waals surface area (Å²) in [5.41, 5.74) is -0.546. The van der Waals surface area contributed by atoms with Crippen molar-refractivity contribution in [3.63, 3.8) is 0 Å². The van der Waals surface area contributed by atoms with Crippen molar-refractivity contribution in [1.82, 2.24) is 19.4 Å². The minimum Gasteiger partial charge on any atom is -0.501 e. The zero-order valence-electron chi connectivity index (χ0n) is 18.6. The first-order chi connectivity index (χ1) is 15.6. The van der Waals surface area contributed by atoms with Crippen LogP contribution < -0.4 is 5.56 Å². The predicted octanol–water partition coefficient (Wildman–Crippen LogP) is 0.521. The highest BCUT2D eigenvalue weighted by Gasteiger charge is 2.34. The highest BCUT2D eigenvalue weighted by atomic mass is 19.1. The number of aromatic hydroxyl groups is 1. The van der Waals surface area contributed by atoms with Crippen molar-refractivity contribution in [2.24, 2.45) is 0 Å². The van der Waals surface area contributed by atoms with Gasteiger partial charge in [-0.1, -0.05) is 12.1 Å². The van der Waals surface area contributed by atoms with Gasteiger partial charge in [-0.2, -0.15) is 0 Å². The second-order valence-electron chi connectivity index (χ2n) is 7.88. The molecule has 176 valence electrons. The molecule has 1 atom stereocenters. The Morgan fingerprint density at radius 1 is 1.18 bits per heavy atom. The fourth-order valence-corrected chi connectivity index (χ4v) is 3.45. The van der Waals surface area contributed by atoms with E-state index in [1.54, 1.807) is 0 Å². The molecule has 2 aromatic rings. The average Bonchev–Trinajstić information content (AvgIpc) is 3.01. The third-order valence-electron chi connectivity index (χ3n) is 5.40. The summed E-state index contributed by atoms with van der Waals surface area (Å²) in [5, 5.41) is 10.4. The zero-order chi connectivity index (χ0) is 24.3. The first kappa shape index (κ1) is 24.1. The SMILES string of the molecule is CN(C)C(=O)C(=O)N(C)C1COCCn2c1nc(C(=O)CCc1ccc(F)cc1)c(O)c2=O. The van der Waals surface area contributed by atoms with E-state index in [1.165, 1.54) is 45.4 Å². The molecule has 2 amide bonds.